The predicted octanol–water partition coefficient (Wildman–Crippen LogP) is 3.18. The minimum absolute atomic E-state index is 0.670. The van der Waals surface area contributed by atoms with Gasteiger partial charge in [-0.3, -0.25) is 4.98 Å². The van der Waals surface area contributed by atoms with E-state index in [1.165, 1.54) is 0 Å². The maximum absolute atomic E-state index is 5.82. The first-order valence-corrected chi connectivity index (χ1v) is 7.96. The summed E-state index contributed by atoms with van der Waals surface area (Å²) in [6, 6.07) is 10.2. The summed E-state index contributed by atoms with van der Waals surface area (Å²) in [6.45, 7) is 3.53. The summed E-state index contributed by atoms with van der Waals surface area (Å²) < 4.78 is 7.80. The van der Waals surface area contributed by atoms with Crippen molar-refractivity contribution in [3.05, 3.63) is 60.9 Å². The molecular weight excluding hydrogens is 300 g/mol. The Kier molecular flexibility index (Phi) is 4.91. The van der Waals surface area contributed by atoms with E-state index in [9.17, 15) is 0 Å². The van der Waals surface area contributed by atoms with Crippen LogP contribution in [0.15, 0.2) is 55.2 Å². The third kappa shape index (κ3) is 4.00. The average Bonchev–Trinajstić information content (AvgIpc) is 3.02. The van der Waals surface area contributed by atoms with Crippen molar-refractivity contribution in [3.63, 3.8) is 0 Å². The molecule has 0 spiro atoms. The number of pyridine rings is 1. The van der Waals surface area contributed by atoms with E-state index < -0.39 is 0 Å². The van der Waals surface area contributed by atoms with E-state index in [0.717, 1.165) is 34.8 Å². The molecule has 24 heavy (non-hydrogen) atoms. The zero-order valence-corrected chi connectivity index (χ0v) is 14.3. The second-order valence-corrected chi connectivity index (χ2v) is 6.03. The van der Waals surface area contributed by atoms with E-state index in [1.807, 2.05) is 56.3 Å². The smallest absolute Gasteiger partial charge is 0.119 e. The van der Waals surface area contributed by atoms with Gasteiger partial charge >= 0.3 is 0 Å². The molecule has 0 fully saturated rings. The molecule has 2 aromatic heterocycles. The van der Waals surface area contributed by atoms with Gasteiger partial charge in [0.05, 0.1) is 23.9 Å². The van der Waals surface area contributed by atoms with Gasteiger partial charge in [0.2, 0.25) is 0 Å². The van der Waals surface area contributed by atoms with Gasteiger partial charge in [0.15, 0.2) is 0 Å². The minimum Gasteiger partial charge on any atom is -0.492 e. The van der Waals surface area contributed by atoms with Crippen LogP contribution in [0.3, 0.4) is 0 Å². The van der Waals surface area contributed by atoms with Gasteiger partial charge in [-0.05, 0) is 44.8 Å². The van der Waals surface area contributed by atoms with Crippen molar-refractivity contribution in [1.29, 1.82) is 0 Å². The lowest BCUT2D eigenvalue weighted by molar-refractivity contribution is 0.261. The van der Waals surface area contributed by atoms with Crippen LogP contribution in [0.2, 0.25) is 0 Å². The van der Waals surface area contributed by atoms with E-state index in [1.54, 1.807) is 6.33 Å². The van der Waals surface area contributed by atoms with E-state index in [2.05, 4.69) is 33.1 Å². The summed E-state index contributed by atoms with van der Waals surface area (Å²) >= 11 is 0. The van der Waals surface area contributed by atoms with Crippen LogP contribution in [0.1, 0.15) is 5.69 Å². The van der Waals surface area contributed by atoms with Gasteiger partial charge in [-0.15, -0.1) is 0 Å². The van der Waals surface area contributed by atoms with Crippen LogP contribution < -0.4 is 4.74 Å². The van der Waals surface area contributed by atoms with Crippen molar-refractivity contribution in [2.45, 2.75) is 6.92 Å². The lowest BCUT2D eigenvalue weighted by atomic mass is 10.1. The number of likely N-dealkylation sites (N-methyl/N-ethyl adjacent to an activating group) is 1. The predicted molar refractivity (Wildman–Crippen MR) is 95.6 cm³/mol. The molecule has 0 amide bonds. The summed E-state index contributed by atoms with van der Waals surface area (Å²) in [7, 11) is 4.07. The molecule has 0 unspecified atom stereocenters. The zero-order valence-electron chi connectivity index (χ0n) is 14.3. The van der Waals surface area contributed by atoms with Crippen molar-refractivity contribution in [2.24, 2.45) is 0 Å². The molecule has 5 heteroatoms. The molecule has 0 bridgehead atoms. The maximum atomic E-state index is 5.82. The summed E-state index contributed by atoms with van der Waals surface area (Å²) in [5.41, 5.74) is 4.11. The van der Waals surface area contributed by atoms with Crippen LogP contribution in [-0.2, 0) is 0 Å². The first-order valence-electron chi connectivity index (χ1n) is 7.96. The summed E-state index contributed by atoms with van der Waals surface area (Å²) in [5, 5.41) is 0. The van der Waals surface area contributed by atoms with Crippen molar-refractivity contribution in [3.8, 4) is 22.6 Å². The number of hydrogen-bond donors (Lipinski definition) is 0. The van der Waals surface area contributed by atoms with Gasteiger partial charge in [-0.25, -0.2) is 4.98 Å². The molecule has 0 saturated heterocycles. The Morgan fingerprint density at radius 3 is 2.75 bits per heavy atom. The van der Waals surface area contributed by atoms with Crippen LogP contribution in [0.4, 0.5) is 0 Å². The molecule has 0 radical (unpaired) electrons. The molecule has 124 valence electrons. The Morgan fingerprint density at radius 2 is 2.00 bits per heavy atom. The van der Waals surface area contributed by atoms with E-state index in [0.29, 0.717) is 6.61 Å². The molecule has 0 N–H and O–H groups in total. The highest BCUT2D eigenvalue weighted by molar-refractivity contribution is 5.66. The highest BCUT2D eigenvalue weighted by Crippen LogP contribution is 2.25. The second kappa shape index (κ2) is 7.27. The Morgan fingerprint density at radius 1 is 1.12 bits per heavy atom. The van der Waals surface area contributed by atoms with Gasteiger partial charge in [-0.2, -0.15) is 0 Å². The van der Waals surface area contributed by atoms with Crippen LogP contribution in [-0.4, -0.2) is 46.7 Å². The Balaban J connectivity index is 1.81. The number of aryl methyl sites for hydroxylation is 1. The quantitative estimate of drug-likeness (QED) is 0.699. The highest BCUT2D eigenvalue weighted by Gasteiger charge is 2.04. The Labute approximate surface area is 142 Å². The fourth-order valence-corrected chi connectivity index (χ4v) is 2.40. The summed E-state index contributed by atoms with van der Waals surface area (Å²) in [4.78, 5) is 10.7. The standard InChI is InChI=1S/C19H22N4O/c1-15-13-23(14-21-15)18-9-17(11-20-12-18)16-5-4-6-19(10-16)24-8-7-22(2)3/h4-6,9-14H,7-8H2,1-3H3. The van der Waals surface area contributed by atoms with Crippen LogP contribution in [0, 0.1) is 6.92 Å². The molecule has 0 aliphatic rings. The first kappa shape index (κ1) is 16.2. The monoisotopic (exact) mass is 322 g/mol. The summed E-state index contributed by atoms with van der Waals surface area (Å²) in [6.07, 6.45) is 7.49. The van der Waals surface area contributed by atoms with Gasteiger partial charge in [0, 0.05) is 24.5 Å². The fraction of sp³-hybridized carbons (Fsp3) is 0.263. The lowest BCUT2D eigenvalue weighted by Gasteiger charge is -2.12. The summed E-state index contributed by atoms with van der Waals surface area (Å²) in [5.74, 6) is 0.873. The number of nitrogens with zero attached hydrogens (tertiary/aromatic N) is 4. The number of benzene rings is 1. The molecule has 0 aliphatic heterocycles. The van der Waals surface area contributed by atoms with Crippen LogP contribution in [0.25, 0.3) is 16.8 Å². The van der Waals surface area contributed by atoms with E-state index in [4.69, 9.17) is 4.74 Å². The topological polar surface area (TPSA) is 43.2 Å². The normalized spacial score (nSPS) is 11.0. The molecule has 5 nitrogen and oxygen atoms in total. The fourth-order valence-electron chi connectivity index (χ4n) is 2.40. The number of aromatic nitrogens is 3. The third-order valence-corrected chi connectivity index (χ3v) is 3.71. The first-order chi connectivity index (χ1) is 11.6. The van der Waals surface area contributed by atoms with Crippen LogP contribution >= 0.6 is 0 Å². The number of imidazole rings is 1. The minimum atomic E-state index is 0.670. The lowest BCUT2D eigenvalue weighted by Crippen LogP contribution is -2.19. The van der Waals surface area contributed by atoms with Gasteiger partial charge in [0.25, 0.3) is 0 Å². The molecule has 2 heterocycles. The second-order valence-electron chi connectivity index (χ2n) is 6.03. The highest BCUT2D eigenvalue weighted by atomic mass is 16.5. The van der Waals surface area contributed by atoms with Crippen molar-refractivity contribution in [2.75, 3.05) is 27.2 Å². The van der Waals surface area contributed by atoms with Gasteiger partial charge < -0.3 is 14.2 Å². The molecular formula is C19H22N4O. The Bertz CT molecular complexity index is 810. The molecule has 3 aromatic rings. The van der Waals surface area contributed by atoms with Gasteiger partial charge in [-0.1, -0.05) is 12.1 Å². The molecule has 0 saturated carbocycles. The van der Waals surface area contributed by atoms with Crippen molar-refractivity contribution >= 4 is 0 Å². The maximum Gasteiger partial charge on any atom is 0.119 e. The number of rotatable bonds is 6. The van der Waals surface area contributed by atoms with Crippen molar-refractivity contribution < 1.29 is 4.74 Å². The SMILES string of the molecule is Cc1cn(-c2cncc(-c3cccc(OCCN(C)C)c3)c2)cn1. The number of hydrogen-bond acceptors (Lipinski definition) is 4. The number of ether oxygens (including phenoxy) is 1. The molecule has 0 aliphatic carbocycles. The molecule has 3 rings (SSSR count). The van der Waals surface area contributed by atoms with Crippen molar-refractivity contribution in [1.82, 2.24) is 19.4 Å². The average molecular weight is 322 g/mol. The third-order valence-electron chi connectivity index (χ3n) is 3.71. The molecule has 1 aromatic carbocycles. The van der Waals surface area contributed by atoms with E-state index in [-0.39, 0.29) is 0 Å². The van der Waals surface area contributed by atoms with Gasteiger partial charge in [0.1, 0.15) is 12.4 Å². The van der Waals surface area contributed by atoms with E-state index >= 15 is 0 Å². The molecule has 0 atom stereocenters. The zero-order chi connectivity index (χ0) is 16.9. The Hall–Kier alpha value is -2.66. The largest absolute Gasteiger partial charge is 0.492 e. The van der Waals surface area contributed by atoms with Crippen LogP contribution in [0.5, 0.6) is 5.75 Å².